The van der Waals surface area contributed by atoms with E-state index in [4.69, 9.17) is 5.11 Å². The van der Waals surface area contributed by atoms with E-state index in [1.54, 1.807) is 37.3 Å². The molecule has 2 atom stereocenters. The number of aliphatic hydroxyl groups excluding tert-OH is 1. The number of aliphatic carboxylic acids is 1. The number of carbonyl (C=O) groups is 2. The molecule has 0 saturated heterocycles. The second-order valence-electron chi connectivity index (χ2n) is 3.63. The van der Waals surface area contributed by atoms with E-state index < -0.39 is 24.0 Å². The fourth-order valence-corrected chi connectivity index (χ4v) is 1.37. The van der Waals surface area contributed by atoms with Gasteiger partial charge in [0, 0.05) is 5.56 Å². The largest absolute Gasteiger partial charge is 0.480 e. The second kappa shape index (κ2) is 6.00. The highest BCUT2D eigenvalue weighted by Crippen LogP contribution is 2.03. The van der Waals surface area contributed by atoms with Gasteiger partial charge in [-0.1, -0.05) is 25.1 Å². The topological polar surface area (TPSA) is 86.6 Å². The van der Waals surface area contributed by atoms with Crippen LogP contribution in [-0.4, -0.2) is 34.2 Å². The molecule has 5 nitrogen and oxygen atoms in total. The van der Waals surface area contributed by atoms with Crippen LogP contribution in [0.3, 0.4) is 0 Å². The van der Waals surface area contributed by atoms with Gasteiger partial charge in [0.1, 0.15) is 0 Å². The third-order valence-corrected chi connectivity index (χ3v) is 2.39. The number of carboxylic acids is 1. The molecule has 1 unspecified atom stereocenters. The summed E-state index contributed by atoms with van der Waals surface area (Å²) in [6.07, 6.45) is -0.841. The lowest BCUT2D eigenvalue weighted by Gasteiger charge is -2.19. The molecule has 1 aromatic carbocycles. The van der Waals surface area contributed by atoms with Crippen LogP contribution in [0.2, 0.25) is 0 Å². The summed E-state index contributed by atoms with van der Waals surface area (Å²) in [6.45, 7) is 1.65. The summed E-state index contributed by atoms with van der Waals surface area (Å²) >= 11 is 0. The highest BCUT2D eigenvalue weighted by molar-refractivity contribution is 5.96. The van der Waals surface area contributed by atoms with Crippen molar-refractivity contribution in [3.8, 4) is 0 Å². The molecule has 0 bridgehead atoms. The Morgan fingerprint density at radius 3 is 2.35 bits per heavy atom. The number of benzene rings is 1. The van der Waals surface area contributed by atoms with Crippen molar-refractivity contribution >= 4 is 11.9 Å². The summed E-state index contributed by atoms with van der Waals surface area (Å²) in [4.78, 5) is 22.6. The summed E-state index contributed by atoms with van der Waals surface area (Å²) in [5.74, 6) is -1.76. The molecule has 17 heavy (non-hydrogen) atoms. The van der Waals surface area contributed by atoms with Gasteiger partial charge in [0.25, 0.3) is 5.91 Å². The minimum atomic E-state index is -1.28. The van der Waals surface area contributed by atoms with Gasteiger partial charge in [-0.2, -0.15) is 0 Å². The highest BCUT2D eigenvalue weighted by Gasteiger charge is 2.27. The Hall–Kier alpha value is -1.88. The Balaban J connectivity index is 2.75. The summed E-state index contributed by atoms with van der Waals surface area (Å²) in [5, 5.41) is 20.7. The third-order valence-electron chi connectivity index (χ3n) is 2.39. The van der Waals surface area contributed by atoms with Crippen LogP contribution in [0, 0.1) is 0 Å². The van der Waals surface area contributed by atoms with Crippen LogP contribution in [-0.2, 0) is 4.79 Å². The number of carbonyl (C=O) groups excluding carboxylic acids is 1. The zero-order chi connectivity index (χ0) is 12.8. The van der Waals surface area contributed by atoms with E-state index in [0.29, 0.717) is 5.56 Å². The average Bonchev–Trinajstić information content (AvgIpc) is 2.35. The number of hydrogen-bond acceptors (Lipinski definition) is 3. The first-order valence-electron chi connectivity index (χ1n) is 5.33. The van der Waals surface area contributed by atoms with Crippen molar-refractivity contribution in [2.75, 3.05) is 0 Å². The predicted molar refractivity (Wildman–Crippen MR) is 61.6 cm³/mol. The van der Waals surface area contributed by atoms with Gasteiger partial charge in [-0.3, -0.25) is 4.79 Å². The fraction of sp³-hybridized carbons (Fsp3) is 0.333. The van der Waals surface area contributed by atoms with Gasteiger partial charge in [0.15, 0.2) is 6.04 Å². The molecule has 0 aliphatic heterocycles. The standard InChI is InChI=1S/C12H15NO4/c1-2-9(14)10(12(16)17)13-11(15)8-6-4-3-5-7-8/h3-7,9-10,14H,2H2,1H3,(H,13,15)(H,16,17)/t9-,10?/m1/s1. The van der Waals surface area contributed by atoms with Gasteiger partial charge < -0.3 is 15.5 Å². The smallest absolute Gasteiger partial charge is 0.328 e. The quantitative estimate of drug-likeness (QED) is 0.701. The molecule has 0 spiro atoms. The second-order valence-corrected chi connectivity index (χ2v) is 3.63. The molecular weight excluding hydrogens is 222 g/mol. The van der Waals surface area contributed by atoms with E-state index in [-0.39, 0.29) is 6.42 Å². The van der Waals surface area contributed by atoms with Crippen LogP contribution in [0.1, 0.15) is 23.7 Å². The van der Waals surface area contributed by atoms with Crippen LogP contribution in [0.15, 0.2) is 30.3 Å². The molecule has 1 amide bonds. The molecule has 0 aliphatic carbocycles. The van der Waals surface area contributed by atoms with Crippen molar-refractivity contribution in [1.82, 2.24) is 5.32 Å². The van der Waals surface area contributed by atoms with Crippen LogP contribution >= 0.6 is 0 Å². The molecule has 0 aliphatic rings. The van der Waals surface area contributed by atoms with Crippen molar-refractivity contribution < 1.29 is 19.8 Å². The molecule has 92 valence electrons. The van der Waals surface area contributed by atoms with Crippen molar-refractivity contribution in [2.45, 2.75) is 25.5 Å². The Labute approximate surface area is 99.1 Å². The van der Waals surface area contributed by atoms with Gasteiger partial charge in [-0.15, -0.1) is 0 Å². The van der Waals surface area contributed by atoms with E-state index in [9.17, 15) is 14.7 Å². The Morgan fingerprint density at radius 1 is 1.29 bits per heavy atom. The van der Waals surface area contributed by atoms with Crippen molar-refractivity contribution in [3.05, 3.63) is 35.9 Å². The number of aliphatic hydroxyl groups is 1. The molecule has 0 saturated carbocycles. The Kier molecular flexibility index (Phi) is 4.66. The molecule has 0 aromatic heterocycles. The molecule has 3 N–H and O–H groups in total. The first-order chi connectivity index (χ1) is 8.06. The zero-order valence-electron chi connectivity index (χ0n) is 9.46. The van der Waals surface area contributed by atoms with Crippen LogP contribution in [0.25, 0.3) is 0 Å². The molecule has 0 radical (unpaired) electrons. The van der Waals surface area contributed by atoms with Crippen molar-refractivity contribution in [2.24, 2.45) is 0 Å². The maximum absolute atomic E-state index is 11.7. The summed E-state index contributed by atoms with van der Waals surface area (Å²) < 4.78 is 0. The number of rotatable bonds is 5. The van der Waals surface area contributed by atoms with E-state index >= 15 is 0 Å². The maximum atomic E-state index is 11.7. The third kappa shape index (κ3) is 3.57. The Bertz CT molecular complexity index is 391. The average molecular weight is 237 g/mol. The van der Waals surface area contributed by atoms with Gasteiger partial charge in [0.2, 0.25) is 0 Å². The lowest BCUT2D eigenvalue weighted by molar-refractivity contribution is -0.142. The van der Waals surface area contributed by atoms with E-state index in [1.165, 1.54) is 0 Å². The predicted octanol–water partition coefficient (Wildman–Crippen LogP) is 0.640. The van der Waals surface area contributed by atoms with Crippen molar-refractivity contribution in [1.29, 1.82) is 0 Å². The number of nitrogens with one attached hydrogen (secondary N) is 1. The monoisotopic (exact) mass is 237 g/mol. The van der Waals surface area contributed by atoms with Gasteiger partial charge >= 0.3 is 5.97 Å². The van der Waals surface area contributed by atoms with Gasteiger partial charge in [-0.05, 0) is 18.6 Å². The Morgan fingerprint density at radius 2 is 1.88 bits per heavy atom. The van der Waals surface area contributed by atoms with Crippen LogP contribution < -0.4 is 5.32 Å². The lowest BCUT2D eigenvalue weighted by atomic mass is 10.1. The molecule has 0 fully saturated rings. The van der Waals surface area contributed by atoms with E-state index in [2.05, 4.69) is 5.32 Å². The van der Waals surface area contributed by atoms with E-state index in [0.717, 1.165) is 0 Å². The number of hydrogen-bond donors (Lipinski definition) is 3. The van der Waals surface area contributed by atoms with Crippen molar-refractivity contribution in [3.63, 3.8) is 0 Å². The minimum absolute atomic E-state index is 0.256. The summed E-state index contributed by atoms with van der Waals surface area (Å²) in [6, 6.07) is 6.99. The maximum Gasteiger partial charge on any atom is 0.328 e. The van der Waals surface area contributed by atoms with Crippen LogP contribution in [0.4, 0.5) is 0 Å². The fourth-order valence-electron chi connectivity index (χ4n) is 1.37. The first kappa shape index (κ1) is 13.2. The highest BCUT2D eigenvalue weighted by atomic mass is 16.4. The summed E-state index contributed by atoms with van der Waals surface area (Å²) in [5.41, 5.74) is 0.363. The van der Waals surface area contributed by atoms with Gasteiger partial charge in [0.05, 0.1) is 6.10 Å². The minimum Gasteiger partial charge on any atom is -0.480 e. The summed E-state index contributed by atoms with van der Waals surface area (Å²) in [7, 11) is 0. The first-order valence-corrected chi connectivity index (χ1v) is 5.33. The molecule has 1 aromatic rings. The van der Waals surface area contributed by atoms with Gasteiger partial charge in [-0.25, -0.2) is 4.79 Å². The molecule has 5 heteroatoms. The molecule has 0 heterocycles. The zero-order valence-corrected chi connectivity index (χ0v) is 9.46. The lowest BCUT2D eigenvalue weighted by Crippen LogP contribution is -2.48. The SMILES string of the molecule is CC[C@@H](O)C(NC(=O)c1ccccc1)C(=O)O. The normalized spacial score (nSPS) is 13.8. The van der Waals surface area contributed by atoms with Crippen LogP contribution in [0.5, 0.6) is 0 Å². The number of carboxylic acid groups (broad SMARTS) is 1. The number of amides is 1. The molecule has 1 rings (SSSR count). The molecular formula is C12H15NO4. The van der Waals surface area contributed by atoms with E-state index in [1.807, 2.05) is 0 Å².